The number of rotatable bonds is 6. The lowest BCUT2D eigenvalue weighted by Crippen LogP contribution is -2.12. The van der Waals surface area contributed by atoms with Gasteiger partial charge in [-0.15, -0.1) is 11.3 Å². The molecule has 102 valence electrons. The first-order chi connectivity index (χ1) is 9.20. The molecule has 0 aliphatic heterocycles. The van der Waals surface area contributed by atoms with Gasteiger partial charge in [-0.2, -0.15) is 0 Å². The Labute approximate surface area is 126 Å². The Hall–Kier alpha value is -0.840. The fraction of sp³-hybridized carbons (Fsp3) is 0.333. The van der Waals surface area contributed by atoms with Crippen molar-refractivity contribution in [2.45, 2.75) is 19.4 Å². The summed E-state index contributed by atoms with van der Waals surface area (Å²) in [6, 6.07) is 10.7. The molecular weight excluding hydrogens is 322 g/mol. The van der Waals surface area contributed by atoms with Crippen molar-refractivity contribution in [2.75, 3.05) is 13.7 Å². The average molecular weight is 340 g/mol. The largest absolute Gasteiger partial charge is 0.493 e. The van der Waals surface area contributed by atoms with E-state index in [1.54, 1.807) is 11.3 Å². The summed E-state index contributed by atoms with van der Waals surface area (Å²) in [6.45, 7) is 2.85. The molecule has 0 aliphatic carbocycles. The first-order valence-electron chi connectivity index (χ1n) is 6.32. The molecule has 0 bridgehead atoms. The fourth-order valence-corrected chi connectivity index (χ4v) is 3.22. The normalized spacial score (nSPS) is 12.4. The Morgan fingerprint density at radius 1 is 1.37 bits per heavy atom. The van der Waals surface area contributed by atoms with Crippen LogP contribution in [0, 0.1) is 0 Å². The number of halogens is 1. The molecule has 0 saturated heterocycles. The van der Waals surface area contributed by atoms with E-state index in [0.717, 1.165) is 16.6 Å². The molecule has 1 N–H and O–H groups in total. The van der Waals surface area contributed by atoms with Crippen molar-refractivity contribution in [3.63, 3.8) is 0 Å². The molecule has 1 heterocycles. The van der Waals surface area contributed by atoms with Crippen LogP contribution >= 0.6 is 27.3 Å². The van der Waals surface area contributed by atoms with Gasteiger partial charge in [0.1, 0.15) is 5.75 Å². The highest BCUT2D eigenvalue weighted by atomic mass is 79.9. The van der Waals surface area contributed by atoms with Crippen LogP contribution in [0.15, 0.2) is 40.2 Å². The van der Waals surface area contributed by atoms with Crippen LogP contribution in [-0.2, 0) is 6.42 Å². The summed E-state index contributed by atoms with van der Waals surface area (Å²) in [5.41, 5.74) is 1.24. The molecule has 2 rings (SSSR count). The molecule has 0 spiro atoms. The van der Waals surface area contributed by atoms with Crippen LogP contribution < -0.4 is 10.1 Å². The fourth-order valence-electron chi connectivity index (χ4n) is 1.83. The zero-order valence-corrected chi connectivity index (χ0v) is 13.6. The van der Waals surface area contributed by atoms with E-state index in [0.29, 0.717) is 12.6 Å². The molecule has 0 amide bonds. The van der Waals surface area contributed by atoms with Gasteiger partial charge in [-0.1, -0.05) is 28.1 Å². The lowest BCUT2D eigenvalue weighted by atomic mass is 10.1. The minimum Gasteiger partial charge on any atom is -0.493 e. The van der Waals surface area contributed by atoms with Crippen molar-refractivity contribution in [3.8, 4) is 5.75 Å². The highest BCUT2D eigenvalue weighted by molar-refractivity contribution is 9.10. The zero-order chi connectivity index (χ0) is 13.7. The molecule has 1 atom stereocenters. The van der Waals surface area contributed by atoms with E-state index in [4.69, 9.17) is 4.74 Å². The van der Waals surface area contributed by atoms with Crippen LogP contribution in [0.5, 0.6) is 5.75 Å². The van der Waals surface area contributed by atoms with E-state index in [1.807, 2.05) is 19.2 Å². The molecule has 2 nitrogen and oxygen atoms in total. The highest BCUT2D eigenvalue weighted by Gasteiger charge is 2.08. The monoisotopic (exact) mass is 339 g/mol. The number of hydrogen-bond acceptors (Lipinski definition) is 3. The van der Waals surface area contributed by atoms with Gasteiger partial charge < -0.3 is 10.1 Å². The van der Waals surface area contributed by atoms with Crippen molar-refractivity contribution in [1.82, 2.24) is 5.32 Å². The van der Waals surface area contributed by atoms with Crippen molar-refractivity contribution < 1.29 is 4.74 Å². The molecule has 0 radical (unpaired) electrons. The molecule has 0 aliphatic rings. The summed E-state index contributed by atoms with van der Waals surface area (Å²) in [4.78, 5) is 1.36. The number of hydrogen-bond donors (Lipinski definition) is 1. The van der Waals surface area contributed by atoms with E-state index in [1.165, 1.54) is 10.4 Å². The van der Waals surface area contributed by atoms with Crippen LogP contribution in [-0.4, -0.2) is 13.7 Å². The quantitative estimate of drug-likeness (QED) is 0.841. The van der Waals surface area contributed by atoms with Gasteiger partial charge in [0.25, 0.3) is 0 Å². The van der Waals surface area contributed by atoms with Crippen LogP contribution in [0.1, 0.15) is 23.4 Å². The second kappa shape index (κ2) is 7.08. The lowest BCUT2D eigenvalue weighted by Gasteiger charge is -2.14. The van der Waals surface area contributed by atoms with Crippen molar-refractivity contribution >= 4 is 27.3 Å². The average Bonchev–Trinajstić information content (AvgIpc) is 2.91. The van der Waals surface area contributed by atoms with Gasteiger partial charge in [-0.25, -0.2) is 0 Å². The summed E-state index contributed by atoms with van der Waals surface area (Å²) < 4.78 is 6.87. The first kappa shape index (κ1) is 14.6. The van der Waals surface area contributed by atoms with Gasteiger partial charge in [-0.05, 0) is 43.1 Å². The summed E-state index contributed by atoms with van der Waals surface area (Å²) in [5, 5.41) is 5.33. The summed E-state index contributed by atoms with van der Waals surface area (Å²) in [6.07, 6.45) is 0.962. The van der Waals surface area contributed by atoms with Gasteiger partial charge in [0.2, 0.25) is 0 Å². The first-order valence-corrected chi connectivity index (χ1v) is 8.00. The Kier molecular flexibility index (Phi) is 5.43. The number of benzene rings is 1. The van der Waals surface area contributed by atoms with E-state index >= 15 is 0 Å². The molecule has 1 unspecified atom stereocenters. The van der Waals surface area contributed by atoms with E-state index in [9.17, 15) is 0 Å². The van der Waals surface area contributed by atoms with Gasteiger partial charge in [0, 0.05) is 21.8 Å². The standard InChI is InChI=1S/C15H18BrNOS/c1-11(17-2)14-6-5-12(10-15(14)16)18-8-7-13-4-3-9-19-13/h3-6,9-11,17H,7-8H2,1-2H3. The van der Waals surface area contributed by atoms with Crippen molar-refractivity contribution in [1.29, 1.82) is 0 Å². The Morgan fingerprint density at radius 3 is 2.84 bits per heavy atom. The minimum absolute atomic E-state index is 0.328. The van der Waals surface area contributed by atoms with Crippen molar-refractivity contribution in [2.24, 2.45) is 0 Å². The molecule has 4 heteroatoms. The third-order valence-corrected chi connectivity index (χ3v) is 4.69. The van der Waals surface area contributed by atoms with Crippen LogP contribution in [0.4, 0.5) is 0 Å². The lowest BCUT2D eigenvalue weighted by molar-refractivity contribution is 0.322. The van der Waals surface area contributed by atoms with Gasteiger partial charge >= 0.3 is 0 Å². The van der Waals surface area contributed by atoms with E-state index < -0.39 is 0 Å². The smallest absolute Gasteiger partial charge is 0.120 e. The van der Waals surface area contributed by atoms with Gasteiger partial charge in [0.05, 0.1) is 6.61 Å². The number of ether oxygens (including phenoxy) is 1. The molecule has 19 heavy (non-hydrogen) atoms. The second-order valence-corrected chi connectivity index (χ2v) is 6.26. The maximum Gasteiger partial charge on any atom is 0.120 e. The third kappa shape index (κ3) is 4.06. The third-order valence-electron chi connectivity index (χ3n) is 3.07. The van der Waals surface area contributed by atoms with Crippen molar-refractivity contribution in [3.05, 3.63) is 50.6 Å². The zero-order valence-electron chi connectivity index (χ0n) is 11.2. The van der Waals surface area contributed by atoms with Gasteiger partial charge in [-0.3, -0.25) is 0 Å². The molecule has 1 aromatic carbocycles. The van der Waals surface area contributed by atoms with Crippen LogP contribution in [0.3, 0.4) is 0 Å². The van der Waals surface area contributed by atoms with Crippen LogP contribution in [0.25, 0.3) is 0 Å². The van der Waals surface area contributed by atoms with Crippen LogP contribution in [0.2, 0.25) is 0 Å². The summed E-state index contributed by atoms with van der Waals surface area (Å²) >= 11 is 5.37. The molecule has 2 aromatic rings. The second-order valence-electron chi connectivity index (χ2n) is 4.37. The van der Waals surface area contributed by atoms with E-state index in [-0.39, 0.29) is 0 Å². The molecular formula is C15H18BrNOS. The molecule has 1 aromatic heterocycles. The Morgan fingerprint density at radius 2 is 2.21 bits per heavy atom. The van der Waals surface area contributed by atoms with Gasteiger partial charge in [0.15, 0.2) is 0 Å². The summed E-state index contributed by atoms with van der Waals surface area (Å²) in [7, 11) is 1.96. The Bertz CT molecular complexity index is 513. The number of nitrogens with one attached hydrogen (secondary N) is 1. The maximum absolute atomic E-state index is 5.78. The maximum atomic E-state index is 5.78. The minimum atomic E-state index is 0.328. The van der Waals surface area contributed by atoms with E-state index in [2.05, 4.69) is 51.7 Å². The molecule has 0 saturated carbocycles. The predicted octanol–water partition coefficient (Wildman–Crippen LogP) is 4.41. The molecule has 0 fully saturated rings. The Balaban J connectivity index is 1.92. The SMILES string of the molecule is CNC(C)c1ccc(OCCc2cccs2)cc1Br. The topological polar surface area (TPSA) is 21.3 Å². The highest BCUT2D eigenvalue weighted by Crippen LogP contribution is 2.27. The summed E-state index contributed by atoms with van der Waals surface area (Å²) in [5.74, 6) is 0.912. The predicted molar refractivity (Wildman–Crippen MR) is 85.1 cm³/mol. The number of thiophene rings is 1.